The first-order valence-corrected chi connectivity index (χ1v) is 4.22. The molecule has 0 fully saturated rings. The van der Waals surface area contributed by atoms with Crippen LogP contribution in [0.15, 0.2) is 30.3 Å². The third-order valence-corrected chi connectivity index (χ3v) is 1.44. The van der Waals surface area contributed by atoms with Gasteiger partial charge in [0.05, 0.1) is 0 Å². The Hall–Kier alpha value is -1.39. The summed E-state index contributed by atoms with van der Waals surface area (Å²) in [5, 5.41) is 15.8. The molecule has 0 amide bonds. The minimum absolute atomic E-state index is 0.640. The summed E-state index contributed by atoms with van der Waals surface area (Å²) in [6.07, 6.45) is -1.23. The summed E-state index contributed by atoms with van der Waals surface area (Å²) < 4.78 is 0. The molecular formula is C10H15NO3. The van der Waals surface area contributed by atoms with E-state index in [0.717, 1.165) is 0 Å². The lowest BCUT2D eigenvalue weighted by molar-refractivity contribution is -0.145. The van der Waals surface area contributed by atoms with Crippen molar-refractivity contribution >= 4 is 5.97 Å². The number of rotatable bonds is 2. The Morgan fingerprint density at radius 1 is 1.43 bits per heavy atom. The Labute approximate surface area is 83.0 Å². The van der Waals surface area contributed by atoms with Crippen molar-refractivity contribution in [1.82, 2.24) is 0 Å². The topological polar surface area (TPSA) is 83.5 Å². The Balaban J connectivity index is 0.000000255. The lowest BCUT2D eigenvalue weighted by atomic mass is 10.2. The molecule has 0 aromatic heterocycles. The first kappa shape index (κ1) is 12.6. The van der Waals surface area contributed by atoms with Gasteiger partial charge < -0.3 is 15.9 Å². The number of carbonyl (C=O) groups is 1. The molecule has 0 aliphatic heterocycles. The Bertz CT molecular complexity index is 259. The van der Waals surface area contributed by atoms with E-state index in [1.54, 1.807) is 0 Å². The van der Waals surface area contributed by atoms with E-state index in [2.05, 4.69) is 0 Å². The van der Waals surface area contributed by atoms with Crippen LogP contribution in [0.1, 0.15) is 12.5 Å². The van der Waals surface area contributed by atoms with Crippen LogP contribution in [0.5, 0.6) is 0 Å². The number of carboxylic acid groups (broad SMARTS) is 1. The summed E-state index contributed by atoms with van der Waals surface area (Å²) in [6, 6.07) is 9.99. The largest absolute Gasteiger partial charge is 0.479 e. The van der Waals surface area contributed by atoms with Gasteiger partial charge in [-0.2, -0.15) is 0 Å². The molecule has 1 unspecified atom stereocenters. The van der Waals surface area contributed by atoms with Gasteiger partial charge in [0.1, 0.15) is 6.10 Å². The summed E-state index contributed by atoms with van der Waals surface area (Å²) >= 11 is 0. The average Bonchev–Trinajstić information content (AvgIpc) is 2.20. The highest BCUT2D eigenvalue weighted by Crippen LogP contribution is 1.94. The van der Waals surface area contributed by atoms with Crippen molar-refractivity contribution in [2.75, 3.05) is 0 Å². The number of hydrogen-bond donors (Lipinski definition) is 3. The maximum absolute atomic E-state index is 9.45. The van der Waals surface area contributed by atoms with E-state index in [4.69, 9.17) is 15.9 Å². The Kier molecular flexibility index (Phi) is 6.36. The van der Waals surface area contributed by atoms with Gasteiger partial charge in [0.25, 0.3) is 0 Å². The lowest BCUT2D eigenvalue weighted by Crippen LogP contribution is -2.13. The molecule has 78 valence electrons. The molecule has 14 heavy (non-hydrogen) atoms. The van der Waals surface area contributed by atoms with Crippen LogP contribution in [0, 0.1) is 0 Å². The number of benzene rings is 1. The van der Waals surface area contributed by atoms with Gasteiger partial charge in [0.15, 0.2) is 0 Å². The second-order valence-corrected chi connectivity index (χ2v) is 2.70. The van der Waals surface area contributed by atoms with Gasteiger partial charge >= 0.3 is 5.97 Å². The highest BCUT2D eigenvalue weighted by atomic mass is 16.4. The average molecular weight is 197 g/mol. The van der Waals surface area contributed by atoms with Crippen LogP contribution in [0.2, 0.25) is 0 Å². The second kappa shape index (κ2) is 7.06. The molecule has 0 radical (unpaired) electrons. The molecule has 1 aromatic carbocycles. The van der Waals surface area contributed by atoms with Crippen molar-refractivity contribution in [2.45, 2.75) is 19.6 Å². The van der Waals surface area contributed by atoms with E-state index in [9.17, 15) is 4.79 Å². The second-order valence-electron chi connectivity index (χ2n) is 2.70. The molecule has 4 nitrogen and oxygen atoms in total. The van der Waals surface area contributed by atoms with Gasteiger partial charge in [-0.3, -0.25) is 0 Å². The van der Waals surface area contributed by atoms with Gasteiger partial charge in [-0.05, 0) is 12.5 Å². The third-order valence-electron chi connectivity index (χ3n) is 1.44. The molecule has 0 bridgehead atoms. The molecule has 0 aliphatic rings. The fraction of sp³-hybridized carbons (Fsp3) is 0.300. The molecule has 1 atom stereocenters. The minimum Gasteiger partial charge on any atom is -0.479 e. The molecule has 0 saturated carbocycles. The number of carboxylic acids is 1. The molecule has 0 heterocycles. The monoisotopic (exact) mass is 197 g/mol. The fourth-order valence-electron chi connectivity index (χ4n) is 0.614. The first-order chi connectivity index (χ1) is 6.57. The number of aliphatic hydroxyl groups is 1. The van der Waals surface area contributed by atoms with Crippen LogP contribution in [-0.4, -0.2) is 22.3 Å². The van der Waals surface area contributed by atoms with Crippen molar-refractivity contribution in [3.63, 3.8) is 0 Å². The number of aliphatic carboxylic acids is 1. The van der Waals surface area contributed by atoms with Crippen molar-refractivity contribution in [3.05, 3.63) is 35.9 Å². The zero-order valence-corrected chi connectivity index (χ0v) is 8.05. The maximum Gasteiger partial charge on any atom is 0.332 e. The van der Waals surface area contributed by atoms with Crippen molar-refractivity contribution in [2.24, 2.45) is 5.73 Å². The van der Waals surface area contributed by atoms with Crippen LogP contribution in [-0.2, 0) is 11.3 Å². The van der Waals surface area contributed by atoms with E-state index in [-0.39, 0.29) is 0 Å². The quantitative estimate of drug-likeness (QED) is 0.648. The van der Waals surface area contributed by atoms with Gasteiger partial charge in [-0.1, -0.05) is 30.3 Å². The van der Waals surface area contributed by atoms with Gasteiger partial charge in [-0.25, -0.2) is 4.79 Å². The predicted molar refractivity (Wildman–Crippen MR) is 53.7 cm³/mol. The van der Waals surface area contributed by atoms with Gasteiger partial charge in [-0.15, -0.1) is 0 Å². The summed E-state index contributed by atoms with van der Waals surface area (Å²) in [5.41, 5.74) is 6.54. The molecule has 1 rings (SSSR count). The number of aliphatic hydroxyl groups excluding tert-OH is 1. The number of nitrogens with two attached hydrogens (primary N) is 1. The number of hydrogen-bond acceptors (Lipinski definition) is 3. The van der Waals surface area contributed by atoms with Crippen LogP contribution >= 0.6 is 0 Å². The summed E-state index contributed by atoms with van der Waals surface area (Å²) in [5.74, 6) is -1.19. The Morgan fingerprint density at radius 2 is 1.86 bits per heavy atom. The SMILES string of the molecule is CC(O)C(=O)O.NCc1ccccc1. The maximum atomic E-state index is 9.45. The van der Waals surface area contributed by atoms with Crippen LogP contribution in [0.3, 0.4) is 0 Å². The molecule has 1 aromatic rings. The van der Waals surface area contributed by atoms with E-state index < -0.39 is 12.1 Å². The molecular weight excluding hydrogens is 182 g/mol. The van der Waals surface area contributed by atoms with Crippen LogP contribution < -0.4 is 5.73 Å². The third kappa shape index (κ3) is 6.16. The standard InChI is InChI=1S/C7H9N.C3H6O3/c8-6-7-4-2-1-3-5-7;1-2(4)3(5)6/h1-5H,6,8H2;2,4H,1H3,(H,5,6). The first-order valence-electron chi connectivity index (χ1n) is 4.22. The zero-order chi connectivity index (χ0) is 11.0. The summed E-state index contributed by atoms with van der Waals surface area (Å²) in [6.45, 7) is 1.84. The highest BCUT2D eigenvalue weighted by molar-refractivity contribution is 5.71. The zero-order valence-electron chi connectivity index (χ0n) is 8.05. The summed E-state index contributed by atoms with van der Waals surface area (Å²) in [4.78, 5) is 9.45. The fourth-order valence-corrected chi connectivity index (χ4v) is 0.614. The summed E-state index contributed by atoms with van der Waals surface area (Å²) in [7, 11) is 0. The predicted octanol–water partition coefficient (Wildman–Crippen LogP) is 0.597. The smallest absolute Gasteiger partial charge is 0.332 e. The molecule has 4 heteroatoms. The van der Waals surface area contributed by atoms with E-state index in [0.29, 0.717) is 6.54 Å². The molecule has 0 saturated heterocycles. The van der Waals surface area contributed by atoms with E-state index >= 15 is 0 Å². The lowest BCUT2D eigenvalue weighted by Gasteiger charge is -1.90. The van der Waals surface area contributed by atoms with Crippen LogP contribution in [0.25, 0.3) is 0 Å². The van der Waals surface area contributed by atoms with Crippen molar-refractivity contribution in [1.29, 1.82) is 0 Å². The van der Waals surface area contributed by atoms with Gasteiger partial charge in [0, 0.05) is 6.54 Å². The molecule has 0 aliphatic carbocycles. The molecule has 0 spiro atoms. The van der Waals surface area contributed by atoms with E-state index in [1.165, 1.54) is 12.5 Å². The van der Waals surface area contributed by atoms with Crippen LogP contribution in [0.4, 0.5) is 0 Å². The Morgan fingerprint density at radius 3 is 2.07 bits per heavy atom. The normalized spacial score (nSPS) is 11.1. The van der Waals surface area contributed by atoms with E-state index in [1.807, 2.05) is 30.3 Å². The minimum atomic E-state index is -1.23. The van der Waals surface area contributed by atoms with Crippen molar-refractivity contribution in [3.8, 4) is 0 Å². The van der Waals surface area contributed by atoms with Crippen molar-refractivity contribution < 1.29 is 15.0 Å². The van der Waals surface area contributed by atoms with Gasteiger partial charge in [0.2, 0.25) is 0 Å². The highest BCUT2D eigenvalue weighted by Gasteiger charge is 2.01. The molecule has 4 N–H and O–H groups in total.